The van der Waals surface area contributed by atoms with Gasteiger partial charge in [0.2, 0.25) is 0 Å². The Morgan fingerprint density at radius 1 is 0.818 bits per heavy atom. The van der Waals surface area contributed by atoms with Crippen LogP contribution >= 0.6 is 12.6 Å². The lowest BCUT2D eigenvalue weighted by Crippen LogP contribution is -2.30. The Hall–Kier alpha value is 0.350. The average Bonchev–Trinajstić information content (AvgIpc) is 2.19. The van der Waals surface area contributed by atoms with Gasteiger partial charge in [0.15, 0.2) is 0 Å². The Balaban J connectivity index is 1.94. The minimum absolute atomic E-state index is 0.770. The predicted molar refractivity (Wildman–Crippen MR) is 49.8 cm³/mol. The molecule has 62 valence electrons. The van der Waals surface area contributed by atoms with E-state index in [2.05, 4.69) is 0 Å². The van der Waals surface area contributed by atoms with Crippen molar-refractivity contribution < 1.29 is 0 Å². The van der Waals surface area contributed by atoms with Crippen LogP contribution in [-0.2, 0) is 0 Å². The third-order valence-electron chi connectivity index (χ3n) is 4.22. The van der Waals surface area contributed by atoms with Gasteiger partial charge in [0.05, 0.1) is 0 Å². The zero-order valence-corrected chi connectivity index (χ0v) is 7.76. The molecule has 11 heavy (non-hydrogen) atoms. The lowest BCUT2D eigenvalue weighted by molar-refractivity contribution is 0.184. The summed E-state index contributed by atoms with van der Waals surface area (Å²) in [5, 5.41) is 0.770. The van der Waals surface area contributed by atoms with Gasteiger partial charge in [0, 0.05) is 5.25 Å². The highest BCUT2D eigenvalue weighted by Crippen LogP contribution is 2.56. The van der Waals surface area contributed by atoms with Crippen molar-refractivity contribution in [3.63, 3.8) is 0 Å². The molecule has 0 heterocycles. The van der Waals surface area contributed by atoms with Gasteiger partial charge in [-0.2, -0.15) is 12.6 Å². The van der Waals surface area contributed by atoms with Crippen molar-refractivity contribution in [2.24, 2.45) is 23.7 Å². The van der Waals surface area contributed by atoms with Gasteiger partial charge in [-0.15, -0.1) is 0 Å². The fourth-order valence-electron chi connectivity index (χ4n) is 3.92. The van der Waals surface area contributed by atoms with Crippen LogP contribution in [0.25, 0.3) is 0 Å². The smallest absolute Gasteiger partial charge is 0.00504 e. The fraction of sp³-hybridized carbons (Fsp3) is 1.00. The van der Waals surface area contributed by atoms with Crippen LogP contribution in [0.2, 0.25) is 0 Å². The second kappa shape index (κ2) is 2.18. The molecular formula is C10H16S. The standard InChI is InChI=1S/C10H16S/c11-10-5-7-1-6-2-8(3-7)9(10)4-6/h6-11H,1-5H2. The van der Waals surface area contributed by atoms with Crippen molar-refractivity contribution in [3.05, 3.63) is 0 Å². The van der Waals surface area contributed by atoms with Crippen molar-refractivity contribution in [1.82, 2.24) is 0 Å². The largest absolute Gasteiger partial charge is 0.176 e. The second-order valence-corrected chi connectivity index (χ2v) is 5.57. The molecule has 3 bridgehead atoms. The Morgan fingerprint density at radius 3 is 2.36 bits per heavy atom. The molecular weight excluding hydrogens is 152 g/mol. The van der Waals surface area contributed by atoms with Crippen LogP contribution in [0.5, 0.6) is 0 Å². The van der Waals surface area contributed by atoms with E-state index in [1.54, 1.807) is 19.3 Å². The van der Waals surface area contributed by atoms with Crippen LogP contribution in [0.3, 0.4) is 0 Å². The van der Waals surface area contributed by atoms with Crippen LogP contribution in [0.15, 0.2) is 0 Å². The summed E-state index contributed by atoms with van der Waals surface area (Å²) in [4.78, 5) is 0. The highest BCUT2D eigenvalue weighted by Gasteiger charge is 2.47. The van der Waals surface area contributed by atoms with E-state index in [-0.39, 0.29) is 0 Å². The first-order valence-corrected chi connectivity index (χ1v) is 5.52. The molecule has 5 unspecified atom stereocenters. The lowest BCUT2D eigenvalue weighted by atomic mass is 9.72. The highest BCUT2D eigenvalue weighted by molar-refractivity contribution is 7.81. The van der Waals surface area contributed by atoms with Crippen LogP contribution in [-0.4, -0.2) is 5.25 Å². The maximum atomic E-state index is 4.72. The summed E-state index contributed by atoms with van der Waals surface area (Å²) in [6.07, 6.45) is 7.61. The van der Waals surface area contributed by atoms with Crippen molar-refractivity contribution in [2.75, 3.05) is 0 Å². The van der Waals surface area contributed by atoms with Crippen molar-refractivity contribution in [2.45, 2.75) is 37.4 Å². The van der Waals surface area contributed by atoms with E-state index in [4.69, 9.17) is 12.6 Å². The van der Waals surface area contributed by atoms with Crippen LogP contribution in [0, 0.1) is 23.7 Å². The minimum Gasteiger partial charge on any atom is -0.176 e. The molecule has 0 amide bonds. The van der Waals surface area contributed by atoms with Crippen LogP contribution < -0.4 is 0 Å². The average molecular weight is 168 g/mol. The summed E-state index contributed by atoms with van der Waals surface area (Å²) in [6, 6.07) is 0. The molecule has 0 aromatic rings. The van der Waals surface area contributed by atoms with E-state index in [9.17, 15) is 0 Å². The first-order chi connectivity index (χ1) is 5.33. The molecule has 3 aliphatic carbocycles. The maximum absolute atomic E-state index is 4.72. The maximum Gasteiger partial charge on any atom is 0.00504 e. The van der Waals surface area contributed by atoms with E-state index in [1.807, 2.05) is 0 Å². The van der Waals surface area contributed by atoms with Crippen molar-refractivity contribution in [1.29, 1.82) is 0 Å². The molecule has 0 radical (unpaired) electrons. The van der Waals surface area contributed by atoms with Crippen LogP contribution in [0.4, 0.5) is 0 Å². The van der Waals surface area contributed by atoms with Gasteiger partial charge in [0.25, 0.3) is 0 Å². The monoisotopic (exact) mass is 168 g/mol. The summed E-state index contributed by atoms with van der Waals surface area (Å²) in [5.74, 6) is 4.29. The molecule has 0 aromatic heterocycles. The Morgan fingerprint density at radius 2 is 1.55 bits per heavy atom. The molecule has 0 N–H and O–H groups in total. The topological polar surface area (TPSA) is 0 Å². The van der Waals surface area contributed by atoms with Gasteiger partial charge < -0.3 is 0 Å². The van der Waals surface area contributed by atoms with Crippen LogP contribution in [0.1, 0.15) is 32.1 Å². The molecule has 3 rings (SSSR count). The number of hydrogen-bond donors (Lipinski definition) is 1. The fourth-order valence-corrected chi connectivity index (χ4v) is 4.58. The van der Waals surface area contributed by atoms with Gasteiger partial charge in [-0.05, 0) is 55.8 Å². The second-order valence-electron chi connectivity index (χ2n) is 4.90. The quantitative estimate of drug-likeness (QED) is 0.528. The summed E-state index contributed by atoms with van der Waals surface area (Å²) >= 11 is 4.72. The molecule has 0 aromatic carbocycles. The normalized spacial score (nSPS) is 60.3. The third-order valence-corrected chi connectivity index (χ3v) is 4.81. The van der Waals surface area contributed by atoms with Gasteiger partial charge in [-0.25, -0.2) is 0 Å². The van der Waals surface area contributed by atoms with E-state index in [0.29, 0.717) is 0 Å². The molecule has 0 saturated heterocycles. The molecule has 0 aliphatic heterocycles. The first-order valence-electron chi connectivity index (χ1n) is 5.01. The van der Waals surface area contributed by atoms with Crippen molar-refractivity contribution in [3.8, 4) is 0 Å². The SMILES string of the molecule is SC1CC2CC3CC(C2)C1C3. The van der Waals surface area contributed by atoms with E-state index >= 15 is 0 Å². The third kappa shape index (κ3) is 0.898. The zero-order chi connectivity index (χ0) is 7.42. The molecule has 1 heteroatoms. The number of rotatable bonds is 0. The summed E-state index contributed by atoms with van der Waals surface area (Å²) < 4.78 is 0. The summed E-state index contributed by atoms with van der Waals surface area (Å²) in [6.45, 7) is 0. The zero-order valence-electron chi connectivity index (χ0n) is 6.87. The Kier molecular flexibility index (Phi) is 1.36. The van der Waals surface area contributed by atoms with Gasteiger partial charge in [-0.1, -0.05) is 0 Å². The van der Waals surface area contributed by atoms with Crippen molar-refractivity contribution >= 4 is 12.6 Å². The Labute approximate surface area is 74.2 Å². The molecule has 3 saturated carbocycles. The molecule has 5 atom stereocenters. The highest BCUT2D eigenvalue weighted by atomic mass is 32.1. The van der Waals surface area contributed by atoms with E-state index in [1.165, 1.54) is 12.8 Å². The first kappa shape index (κ1) is 6.82. The minimum atomic E-state index is 0.770. The van der Waals surface area contributed by atoms with Gasteiger partial charge in [0.1, 0.15) is 0 Å². The summed E-state index contributed by atoms with van der Waals surface area (Å²) in [5.41, 5.74) is 0. The Bertz CT molecular complexity index is 173. The van der Waals surface area contributed by atoms with Gasteiger partial charge in [-0.3, -0.25) is 0 Å². The number of fused-ring (bicyclic) bond motifs is 2. The molecule has 3 aliphatic rings. The van der Waals surface area contributed by atoms with E-state index < -0.39 is 0 Å². The number of hydrogen-bond acceptors (Lipinski definition) is 1. The van der Waals surface area contributed by atoms with Gasteiger partial charge >= 0.3 is 0 Å². The predicted octanol–water partition coefficient (Wildman–Crippen LogP) is 2.74. The molecule has 0 nitrogen and oxygen atoms in total. The van der Waals surface area contributed by atoms with E-state index in [0.717, 1.165) is 28.9 Å². The molecule has 0 spiro atoms. The molecule has 3 fully saturated rings. The summed E-state index contributed by atoms with van der Waals surface area (Å²) in [7, 11) is 0. The lowest BCUT2D eigenvalue weighted by Gasteiger charge is -2.37. The number of thiol groups is 1.